The molecule has 0 spiro atoms. The number of ether oxygens (including phenoxy) is 2. The molecule has 0 aliphatic rings. The number of hydrogen-bond acceptors (Lipinski definition) is 5. The molecule has 9 nitrogen and oxygen atoms in total. The van der Waals surface area contributed by atoms with Gasteiger partial charge >= 0.3 is 0 Å². The van der Waals surface area contributed by atoms with Gasteiger partial charge in [0.05, 0.1) is 81.1 Å². The molecule has 75 heavy (non-hydrogen) atoms. The lowest BCUT2D eigenvalue weighted by Gasteiger charge is -2.27. The lowest BCUT2D eigenvalue weighted by atomic mass is 9.98. The van der Waals surface area contributed by atoms with Crippen LogP contribution in [0, 0.1) is 36.5 Å². The Morgan fingerprint density at radius 1 is 0.360 bits per heavy atom. The van der Waals surface area contributed by atoms with Gasteiger partial charge in [-0.3, -0.25) is 0 Å². The first-order valence-electron chi connectivity index (χ1n) is 24.9. The molecule has 15 rings (SSSR count). The Kier molecular flexibility index (Phi) is 8.85. The molecule has 0 saturated heterocycles. The van der Waals surface area contributed by atoms with E-state index < -0.39 is 0 Å². The van der Waals surface area contributed by atoms with Crippen LogP contribution in [-0.2, 0) is 0 Å². The summed E-state index contributed by atoms with van der Waals surface area (Å²) >= 11 is 0. The first-order valence-corrected chi connectivity index (χ1v) is 24.9. The summed E-state index contributed by atoms with van der Waals surface area (Å²) in [6, 6.07) is 68.4. The second-order valence-corrected chi connectivity index (χ2v) is 19.5. The van der Waals surface area contributed by atoms with Crippen molar-refractivity contribution < 1.29 is 13.9 Å². The summed E-state index contributed by atoms with van der Waals surface area (Å²) in [4.78, 5) is 0. The zero-order valence-electron chi connectivity index (χ0n) is 41.2. The van der Waals surface area contributed by atoms with Crippen LogP contribution in [0.1, 0.15) is 22.3 Å². The summed E-state index contributed by atoms with van der Waals surface area (Å²) in [5, 5.41) is 35.2. The maximum Gasteiger partial charge on any atom is 0.160 e. The Morgan fingerprint density at radius 3 is 1.21 bits per heavy atom. The number of nitriles is 2. The number of furan rings is 1. The molecule has 15 aromatic rings. The Balaban J connectivity index is 1.28. The van der Waals surface area contributed by atoms with Crippen molar-refractivity contribution in [3.8, 4) is 46.4 Å². The number of benzene rings is 10. The Bertz CT molecular complexity index is 5100. The molecule has 0 aliphatic heterocycles. The highest BCUT2D eigenvalue weighted by molar-refractivity contribution is 6.23. The molecule has 0 atom stereocenters. The van der Waals surface area contributed by atoms with Crippen molar-refractivity contribution >= 4 is 109 Å². The van der Waals surface area contributed by atoms with Gasteiger partial charge in [-0.25, -0.2) is 0 Å². The minimum atomic E-state index is 0.349. The van der Waals surface area contributed by atoms with E-state index >= 15 is 0 Å². The lowest BCUT2D eigenvalue weighted by Crippen LogP contribution is -2.16. The maximum atomic E-state index is 12.8. The molecule has 354 valence electrons. The number of hydrogen-bond donors (Lipinski definition) is 0. The van der Waals surface area contributed by atoms with Gasteiger partial charge in [-0.05, 0) is 105 Å². The zero-order valence-corrected chi connectivity index (χ0v) is 41.2. The molecule has 0 N–H and O–H groups in total. The number of methoxy groups -OCH3 is 2. The second-order valence-electron chi connectivity index (χ2n) is 19.5. The van der Waals surface area contributed by atoms with Gasteiger partial charge in [-0.15, -0.1) is 0 Å². The van der Waals surface area contributed by atoms with Gasteiger partial charge in [-0.2, -0.15) is 10.5 Å². The van der Waals surface area contributed by atoms with E-state index in [0.29, 0.717) is 51.0 Å². The van der Waals surface area contributed by atoms with E-state index in [-0.39, 0.29) is 0 Å². The third kappa shape index (κ3) is 5.69. The van der Waals surface area contributed by atoms with Crippen molar-refractivity contribution in [3.63, 3.8) is 0 Å². The normalized spacial score (nSPS) is 12.0. The molecule has 0 amide bonds. The van der Waals surface area contributed by atoms with Crippen molar-refractivity contribution in [1.29, 1.82) is 10.5 Å². The van der Waals surface area contributed by atoms with Crippen LogP contribution in [0.15, 0.2) is 186 Å². The molecular weight excluding hydrogens is 925 g/mol. The Hall–Kier alpha value is -10.2. The van der Waals surface area contributed by atoms with E-state index in [1.807, 2.05) is 60.7 Å². The highest BCUT2D eigenvalue weighted by Crippen LogP contribution is 2.50. The van der Waals surface area contributed by atoms with Gasteiger partial charge in [0, 0.05) is 53.9 Å². The highest BCUT2D eigenvalue weighted by atomic mass is 16.5. The first-order chi connectivity index (χ1) is 36.9. The van der Waals surface area contributed by atoms with Crippen LogP contribution in [0.4, 0.5) is 0 Å². The second kappa shape index (κ2) is 15.6. The van der Waals surface area contributed by atoms with E-state index in [1.165, 1.54) is 0 Å². The topological polar surface area (TPSA) is 98.9 Å². The molecule has 0 aliphatic carbocycles. The predicted octanol–water partition coefficient (Wildman–Crippen LogP) is 16.4. The van der Waals surface area contributed by atoms with Crippen LogP contribution < -0.4 is 9.47 Å². The molecule has 0 bridgehead atoms. The molecule has 5 aromatic heterocycles. The van der Waals surface area contributed by atoms with Crippen LogP contribution >= 0.6 is 0 Å². The SMILES string of the molecule is COc1ccc2c(c1)c1ccccc1n2-c1c(C#N)c(-n2c3ccccc3c3cc(C)ccc32)c(-n2c3ccc(C)cc3c3ccc4c5ccccc5oc4c32)c(C#N)c1-n1c2ccccc2c2cc(OC)ccc21. The third-order valence-corrected chi connectivity index (χ3v) is 15.5. The van der Waals surface area contributed by atoms with Gasteiger partial charge in [0.2, 0.25) is 0 Å². The maximum absolute atomic E-state index is 12.8. The number of fused-ring (bicyclic) bond motifs is 16. The van der Waals surface area contributed by atoms with Crippen molar-refractivity contribution in [2.75, 3.05) is 14.2 Å². The third-order valence-electron chi connectivity index (χ3n) is 15.5. The first kappa shape index (κ1) is 42.5. The van der Waals surface area contributed by atoms with Gasteiger partial charge in [0.1, 0.15) is 40.3 Å². The van der Waals surface area contributed by atoms with Crippen LogP contribution in [0.5, 0.6) is 11.5 Å². The quantitative estimate of drug-likeness (QED) is 0.165. The minimum Gasteiger partial charge on any atom is -0.497 e. The fraction of sp³-hybridized carbons (Fsp3) is 0.0606. The summed E-state index contributed by atoms with van der Waals surface area (Å²) in [5.41, 5.74) is 13.3. The lowest BCUT2D eigenvalue weighted by molar-refractivity contribution is 0.415. The Morgan fingerprint density at radius 2 is 0.733 bits per heavy atom. The van der Waals surface area contributed by atoms with E-state index in [4.69, 9.17) is 13.9 Å². The smallest absolute Gasteiger partial charge is 0.160 e. The summed E-state index contributed by atoms with van der Waals surface area (Å²) in [5.74, 6) is 1.41. The fourth-order valence-corrected chi connectivity index (χ4v) is 12.4. The average molecular weight is 967 g/mol. The molecule has 9 heteroatoms. The largest absolute Gasteiger partial charge is 0.497 e. The van der Waals surface area contributed by atoms with Crippen molar-refractivity contribution in [2.24, 2.45) is 0 Å². The van der Waals surface area contributed by atoms with Crippen LogP contribution in [0.25, 0.3) is 132 Å². The van der Waals surface area contributed by atoms with Gasteiger partial charge in [0.25, 0.3) is 0 Å². The van der Waals surface area contributed by atoms with Crippen LogP contribution in [-0.4, -0.2) is 32.5 Å². The minimum absolute atomic E-state index is 0.349. The summed E-state index contributed by atoms with van der Waals surface area (Å²) < 4.78 is 27.6. The van der Waals surface area contributed by atoms with E-state index in [2.05, 4.69) is 166 Å². The summed E-state index contributed by atoms with van der Waals surface area (Å²) in [6.07, 6.45) is 0. The molecular formula is C66H42N6O3. The molecule has 0 radical (unpaired) electrons. The average Bonchev–Trinajstić information content (AvgIpc) is 4.39. The highest BCUT2D eigenvalue weighted by Gasteiger charge is 2.35. The molecule has 0 fully saturated rings. The van der Waals surface area contributed by atoms with E-state index in [9.17, 15) is 10.5 Å². The molecule has 0 unspecified atom stereocenters. The predicted molar refractivity (Wildman–Crippen MR) is 303 cm³/mol. The molecule has 5 heterocycles. The fourth-order valence-electron chi connectivity index (χ4n) is 12.4. The van der Waals surface area contributed by atoms with Crippen molar-refractivity contribution in [2.45, 2.75) is 13.8 Å². The molecule has 0 saturated carbocycles. The number of aryl methyl sites for hydroxylation is 2. The van der Waals surface area contributed by atoms with Crippen molar-refractivity contribution in [3.05, 3.63) is 204 Å². The van der Waals surface area contributed by atoms with Gasteiger partial charge in [-0.1, -0.05) is 102 Å². The van der Waals surface area contributed by atoms with E-state index in [0.717, 1.165) is 115 Å². The van der Waals surface area contributed by atoms with Gasteiger partial charge in [0.15, 0.2) is 5.58 Å². The van der Waals surface area contributed by atoms with Crippen LogP contribution in [0.2, 0.25) is 0 Å². The molecule has 10 aromatic carbocycles. The zero-order chi connectivity index (χ0) is 50.4. The summed E-state index contributed by atoms with van der Waals surface area (Å²) in [7, 11) is 3.35. The number of para-hydroxylation sites is 4. The number of nitrogens with zero attached hydrogens (tertiary/aromatic N) is 6. The standard InChI is InChI=1S/C66H42N6O3/c1-37-21-27-56-47(31-37)41-13-5-9-17-53(41)69(56)63-51(35-67)61(70-54-18-10-6-14-42(54)49-33-39(73-3)23-29-57(49)70)62(71-55-19-11-7-15-43(55)50-34-40(74-4)24-30-58(50)71)52(36-68)64(63)72-59-28-22-38(2)32-48(59)45-25-26-46-44-16-8-12-20-60(44)75-66(46)65(45)72/h5-34H,1-4H3. The van der Waals surface area contributed by atoms with Crippen molar-refractivity contribution in [1.82, 2.24) is 18.3 Å². The summed E-state index contributed by atoms with van der Waals surface area (Å²) in [6.45, 7) is 4.21. The monoisotopic (exact) mass is 966 g/mol. The number of aromatic nitrogens is 4. The van der Waals surface area contributed by atoms with Crippen LogP contribution in [0.3, 0.4) is 0 Å². The number of rotatable bonds is 6. The van der Waals surface area contributed by atoms with Gasteiger partial charge < -0.3 is 32.2 Å². The van der Waals surface area contributed by atoms with E-state index in [1.54, 1.807) is 14.2 Å². The Labute approximate surface area is 428 Å².